The molecule has 0 saturated heterocycles. The Morgan fingerprint density at radius 2 is 2.10 bits per heavy atom. The van der Waals surface area contributed by atoms with Crippen molar-refractivity contribution in [2.24, 2.45) is 0 Å². The van der Waals surface area contributed by atoms with Crippen molar-refractivity contribution in [1.82, 2.24) is 5.32 Å². The van der Waals surface area contributed by atoms with Crippen molar-refractivity contribution in [3.05, 3.63) is 38.9 Å². The summed E-state index contributed by atoms with van der Waals surface area (Å²) in [4.78, 5) is 32.8. The van der Waals surface area contributed by atoms with Crippen LogP contribution in [0.25, 0.3) is 0 Å². The molecule has 0 aromatic heterocycles. The van der Waals surface area contributed by atoms with Crippen molar-refractivity contribution in [2.45, 2.75) is 12.5 Å². The molecule has 0 radical (unpaired) electrons. The summed E-state index contributed by atoms with van der Waals surface area (Å²) in [5, 5.41) is 30.3. The summed E-state index contributed by atoms with van der Waals surface area (Å²) in [6.45, 7) is -0.450. The summed E-state index contributed by atoms with van der Waals surface area (Å²) in [5.41, 5.74) is -0.938. The Kier molecular flexibility index (Phi) is 5.42. The smallest absolute Gasteiger partial charge is 0.326 e. The first-order chi connectivity index (χ1) is 9.38. The molecule has 0 bridgehead atoms. The number of nitrogens with one attached hydrogen (secondary N) is 1. The maximum Gasteiger partial charge on any atom is 0.326 e. The van der Waals surface area contributed by atoms with Crippen molar-refractivity contribution in [3.63, 3.8) is 0 Å². The first-order valence-corrected chi connectivity index (χ1v) is 5.83. The second-order valence-corrected chi connectivity index (χ2v) is 4.18. The van der Waals surface area contributed by atoms with Crippen LogP contribution in [-0.2, 0) is 4.79 Å². The minimum absolute atomic E-state index is 0.213. The Bertz CT molecular complexity index is 548. The van der Waals surface area contributed by atoms with E-state index in [1.54, 1.807) is 0 Å². The highest BCUT2D eigenvalue weighted by atomic mass is 35.5. The Morgan fingerprint density at radius 3 is 2.60 bits per heavy atom. The second-order valence-electron chi connectivity index (χ2n) is 3.77. The second kappa shape index (κ2) is 6.83. The molecule has 1 amide bonds. The van der Waals surface area contributed by atoms with Crippen LogP contribution in [0.2, 0.25) is 5.02 Å². The largest absolute Gasteiger partial charge is 0.480 e. The van der Waals surface area contributed by atoms with Crippen LogP contribution < -0.4 is 5.32 Å². The molecule has 0 aliphatic heterocycles. The number of carbonyl (C=O) groups excluding carboxylic acids is 1. The lowest BCUT2D eigenvalue weighted by Gasteiger charge is -2.13. The molecule has 0 saturated carbocycles. The van der Waals surface area contributed by atoms with Gasteiger partial charge in [0, 0.05) is 13.0 Å². The molecule has 1 unspecified atom stereocenters. The molecule has 0 aliphatic rings. The molecular formula is C11H11ClN2O6. The van der Waals surface area contributed by atoms with Crippen molar-refractivity contribution in [2.75, 3.05) is 6.61 Å². The van der Waals surface area contributed by atoms with Gasteiger partial charge in [-0.3, -0.25) is 14.9 Å². The van der Waals surface area contributed by atoms with Crippen LogP contribution in [0.1, 0.15) is 16.8 Å². The number of aliphatic hydroxyl groups is 1. The number of aliphatic hydroxyl groups excluding tert-OH is 1. The minimum Gasteiger partial charge on any atom is -0.480 e. The summed E-state index contributed by atoms with van der Waals surface area (Å²) < 4.78 is 0. The van der Waals surface area contributed by atoms with Crippen molar-refractivity contribution >= 4 is 29.2 Å². The van der Waals surface area contributed by atoms with E-state index in [0.717, 1.165) is 6.07 Å². The Morgan fingerprint density at radius 1 is 1.45 bits per heavy atom. The molecule has 1 aromatic rings. The van der Waals surface area contributed by atoms with Crippen LogP contribution in [0, 0.1) is 10.1 Å². The van der Waals surface area contributed by atoms with Gasteiger partial charge < -0.3 is 15.5 Å². The van der Waals surface area contributed by atoms with Crippen LogP contribution in [-0.4, -0.2) is 39.7 Å². The molecule has 1 rings (SSSR count). The lowest BCUT2D eigenvalue weighted by Crippen LogP contribution is -2.41. The van der Waals surface area contributed by atoms with Crippen molar-refractivity contribution in [3.8, 4) is 0 Å². The van der Waals surface area contributed by atoms with Crippen molar-refractivity contribution in [1.29, 1.82) is 0 Å². The number of rotatable bonds is 6. The summed E-state index contributed by atoms with van der Waals surface area (Å²) >= 11 is 5.65. The van der Waals surface area contributed by atoms with E-state index in [1.165, 1.54) is 12.1 Å². The average Bonchev–Trinajstić information content (AvgIpc) is 2.37. The van der Waals surface area contributed by atoms with E-state index in [1.807, 2.05) is 0 Å². The number of carboxylic acid groups (broad SMARTS) is 1. The fraction of sp³-hybridized carbons (Fsp3) is 0.273. The number of carboxylic acids is 1. The van der Waals surface area contributed by atoms with E-state index >= 15 is 0 Å². The number of nitro benzene ring substituents is 1. The molecule has 0 fully saturated rings. The Labute approximate surface area is 118 Å². The van der Waals surface area contributed by atoms with Crippen LogP contribution in [0.5, 0.6) is 0 Å². The van der Waals surface area contributed by atoms with E-state index in [9.17, 15) is 19.7 Å². The summed E-state index contributed by atoms with van der Waals surface area (Å²) in [6.07, 6.45) is -0.213. The van der Waals surface area contributed by atoms with Gasteiger partial charge in [-0.1, -0.05) is 17.7 Å². The molecule has 20 heavy (non-hydrogen) atoms. The number of benzene rings is 1. The highest BCUT2D eigenvalue weighted by molar-refractivity contribution is 6.33. The van der Waals surface area contributed by atoms with E-state index in [-0.39, 0.29) is 17.0 Å². The monoisotopic (exact) mass is 302 g/mol. The van der Waals surface area contributed by atoms with E-state index in [4.69, 9.17) is 21.8 Å². The Hall–Kier alpha value is -2.19. The maximum absolute atomic E-state index is 11.9. The number of para-hydroxylation sites is 1. The molecule has 1 aromatic carbocycles. The third kappa shape index (κ3) is 3.65. The van der Waals surface area contributed by atoms with Crippen LogP contribution >= 0.6 is 11.6 Å². The summed E-state index contributed by atoms with van der Waals surface area (Å²) in [7, 11) is 0. The SMILES string of the molecule is O=C(NC(CCO)C(=O)O)c1cccc(Cl)c1[N+](=O)[O-]. The van der Waals surface area contributed by atoms with Gasteiger partial charge in [0.25, 0.3) is 5.91 Å². The minimum atomic E-state index is -1.35. The number of nitrogens with zero attached hydrogens (tertiary/aromatic N) is 1. The molecule has 9 heteroatoms. The predicted octanol–water partition coefficient (Wildman–Crippen LogP) is 0.814. The zero-order chi connectivity index (χ0) is 15.3. The van der Waals surface area contributed by atoms with Gasteiger partial charge in [0.05, 0.1) is 4.92 Å². The normalized spacial score (nSPS) is 11.7. The lowest BCUT2D eigenvalue weighted by molar-refractivity contribution is -0.385. The molecular weight excluding hydrogens is 292 g/mol. The van der Waals surface area contributed by atoms with Crippen LogP contribution in [0.15, 0.2) is 18.2 Å². The first kappa shape index (κ1) is 15.9. The van der Waals surface area contributed by atoms with Gasteiger partial charge in [-0.15, -0.1) is 0 Å². The molecule has 3 N–H and O–H groups in total. The van der Waals surface area contributed by atoms with Crippen molar-refractivity contribution < 1.29 is 24.7 Å². The van der Waals surface area contributed by atoms with Gasteiger partial charge in [0.2, 0.25) is 0 Å². The summed E-state index contributed by atoms with van der Waals surface area (Å²) in [5.74, 6) is -2.29. The molecule has 108 valence electrons. The number of nitro groups is 1. The fourth-order valence-corrected chi connectivity index (χ4v) is 1.75. The topological polar surface area (TPSA) is 130 Å². The Balaban J connectivity index is 3.06. The summed E-state index contributed by atoms with van der Waals surface area (Å²) in [6, 6.07) is 2.41. The van der Waals surface area contributed by atoms with E-state index in [0.29, 0.717) is 0 Å². The molecule has 0 heterocycles. The van der Waals surface area contributed by atoms with Gasteiger partial charge in [0.15, 0.2) is 0 Å². The van der Waals surface area contributed by atoms with Gasteiger partial charge in [-0.05, 0) is 12.1 Å². The van der Waals surface area contributed by atoms with Gasteiger partial charge in [-0.25, -0.2) is 4.79 Å². The highest BCUT2D eigenvalue weighted by Crippen LogP contribution is 2.28. The third-order valence-electron chi connectivity index (χ3n) is 2.44. The number of aliphatic carboxylic acids is 1. The molecule has 0 aliphatic carbocycles. The van der Waals surface area contributed by atoms with E-state index in [2.05, 4.69) is 5.32 Å². The molecule has 8 nitrogen and oxygen atoms in total. The maximum atomic E-state index is 11.9. The number of carbonyl (C=O) groups is 2. The highest BCUT2D eigenvalue weighted by Gasteiger charge is 2.27. The van der Waals surface area contributed by atoms with Crippen LogP contribution in [0.4, 0.5) is 5.69 Å². The first-order valence-electron chi connectivity index (χ1n) is 5.46. The van der Waals surface area contributed by atoms with Gasteiger partial charge in [0.1, 0.15) is 16.6 Å². The fourth-order valence-electron chi connectivity index (χ4n) is 1.51. The number of hydrogen-bond acceptors (Lipinski definition) is 5. The molecule has 1 atom stereocenters. The zero-order valence-corrected chi connectivity index (χ0v) is 10.8. The number of hydrogen-bond donors (Lipinski definition) is 3. The van der Waals surface area contributed by atoms with Gasteiger partial charge >= 0.3 is 11.7 Å². The quantitative estimate of drug-likeness (QED) is 0.526. The predicted molar refractivity (Wildman–Crippen MR) is 68.7 cm³/mol. The van der Waals surface area contributed by atoms with E-state index < -0.39 is 35.1 Å². The molecule has 0 spiro atoms. The lowest BCUT2D eigenvalue weighted by atomic mass is 10.1. The standard InChI is InChI=1S/C11H11ClN2O6/c12-7-3-1-2-6(9(7)14(19)20)10(16)13-8(4-5-15)11(17)18/h1-3,8,15H,4-5H2,(H,13,16)(H,17,18). The average molecular weight is 303 g/mol. The third-order valence-corrected chi connectivity index (χ3v) is 2.74. The number of halogens is 1. The zero-order valence-electron chi connectivity index (χ0n) is 10.1. The van der Waals surface area contributed by atoms with Gasteiger partial charge in [-0.2, -0.15) is 0 Å². The number of amides is 1. The van der Waals surface area contributed by atoms with Crippen LogP contribution in [0.3, 0.4) is 0 Å².